The summed E-state index contributed by atoms with van der Waals surface area (Å²) >= 11 is 0. The monoisotopic (exact) mass is 252 g/mol. The van der Waals surface area contributed by atoms with Crippen LogP contribution in [-0.4, -0.2) is 44.2 Å². The second kappa shape index (κ2) is 6.86. The first-order valence-corrected chi connectivity index (χ1v) is 5.82. The van der Waals surface area contributed by atoms with Gasteiger partial charge in [0.1, 0.15) is 18.1 Å². The van der Waals surface area contributed by atoms with Crippen LogP contribution in [0.3, 0.4) is 0 Å². The molecule has 0 aliphatic heterocycles. The van der Waals surface area contributed by atoms with Crippen LogP contribution in [-0.2, 0) is 4.79 Å². The van der Waals surface area contributed by atoms with Gasteiger partial charge in [-0.25, -0.2) is 0 Å². The second-order valence-corrected chi connectivity index (χ2v) is 4.08. The fraction of sp³-hybridized carbons (Fsp3) is 0.462. The number of rotatable bonds is 6. The summed E-state index contributed by atoms with van der Waals surface area (Å²) in [6.07, 6.45) is 0. The summed E-state index contributed by atoms with van der Waals surface area (Å²) in [6, 6.07) is 6.86. The lowest BCUT2D eigenvalue weighted by Crippen LogP contribution is -2.41. The van der Waals surface area contributed by atoms with Gasteiger partial charge in [0.25, 0.3) is 0 Å². The van der Waals surface area contributed by atoms with Gasteiger partial charge in [-0.1, -0.05) is 6.07 Å². The van der Waals surface area contributed by atoms with Crippen LogP contribution < -0.4 is 15.2 Å². The molecule has 18 heavy (non-hydrogen) atoms. The Morgan fingerprint density at radius 1 is 1.44 bits per heavy atom. The van der Waals surface area contributed by atoms with Crippen LogP contribution in [0.5, 0.6) is 11.5 Å². The van der Waals surface area contributed by atoms with Gasteiger partial charge in [-0.2, -0.15) is 0 Å². The third kappa shape index (κ3) is 4.25. The fourth-order valence-electron chi connectivity index (χ4n) is 1.45. The van der Waals surface area contributed by atoms with Crippen molar-refractivity contribution in [2.75, 3.05) is 27.3 Å². The largest absolute Gasteiger partial charge is 0.497 e. The summed E-state index contributed by atoms with van der Waals surface area (Å²) in [5, 5.41) is 0. The van der Waals surface area contributed by atoms with E-state index in [9.17, 15) is 4.79 Å². The van der Waals surface area contributed by atoms with Crippen molar-refractivity contribution in [1.82, 2.24) is 4.90 Å². The van der Waals surface area contributed by atoms with Crippen molar-refractivity contribution in [3.05, 3.63) is 24.3 Å². The molecule has 0 radical (unpaired) electrons. The summed E-state index contributed by atoms with van der Waals surface area (Å²) in [7, 11) is 3.31. The van der Waals surface area contributed by atoms with Gasteiger partial charge < -0.3 is 20.1 Å². The van der Waals surface area contributed by atoms with E-state index in [1.54, 1.807) is 32.0 Å². The number of ether oxygens (including phenoxy) is 2. The van der Waals surface area contributed by atoms with Crippen molar-refractivity contribution >= 4 is 5.91 Å². The third-order valence-electron chi connectivity index (χ3n) is 2.50. The maximum Gasteiger partial charge on any atom is 0.239 e. The summed E-state index contributed by atoms with van der Waals surface area (Å²) in [6.45, 7) is 2.58. The van der Waals surface area contributed by atoms with E-state index < -0.39 is 6.04 Å². The minimum Gasteiger partial charge on any atom is -0.497 e. The summed E-state index contributed by atoms with van der Waals surface area (Å²) in [5.41, 5.74) is 5.51. The van der Waals surface area contributed by atoms with Gasteiger partial charge >= 0.3 is 0 Å². The van der Waals surface area contributed by atoms with Crippen LogP contribution in [0.4, 0.5) is 0 Å². The zero-order valence-electron chi connectivity index (χ0n) is 11.1. The molecular formula is C13H20N2O3. The van der Waals surface area contributed by atoms with E-state index in [0.29, 0.717) is 13.2 Å². The molecule has 1 rings (SSSR count). The normalized spacial score (nSPS) is 11.8. The van der Waals surface area contributed by atoms with E-state index in [4.69, 9.17) is 15.2 Å². The Hall–Kier alpha value is -1.75. The Morgan fingerprint density at radius 2 is 2.11 bits per heavy atom. The average Bonchev–Trinajstić information content (AvgIpc) is 2.37. The fourth-order valence-corrected chi connectivity index (χ4v) is 1.45. The zero-order valence-corrected chi connectivity index (χ0v) is 11.1. The summed E-state index contributed by atoms with van der Waals surface area (Å²) < 4.78 is 10.6. The quantitative estimate of drug-likeness (QED) is 0.816. The smallest absolute Gasteiger partial charge is 0.239 e. The maximum absolute atomic E-state index is 11.5. The van der Waals surface area contributed by atoms with Crippen molar-refractivity contribution in [2.24, 2.45) is 5.73 Å². The Kier molecular flexibility index (Phi) is 5.45. The van der Waals surface area contributed by atoms with Crippen LogP contribution in [0.1, 0.15) is 6.92 Å². The van der Waals surface area contributed by atoms with E-state index in [2.05, 4.69) is 0 Å². The first kappa shape index (κ1) is 14.3. The summed E-state index contributed by atoms with van der Waals surface area (Å²) in [4.78, 5) is 13.1. The molecule has 2 N–H and O–H groups in total. The van der Waals surface area contributed by atoms with Gasteiger partial charge in [-0.15, -0.1) is 0 Å². The van der Waals surface area contributed by atoms with Gasteiger partial charge in [-0.3, -0.25) is 4.79 Å². The van der Waals surface area contributed by atoms with Gasteiger partial charge in [0.2, 0.25) is 5.91 Å². The van der Waals surface area contributed by atoms with Crippen LogP contribution in [0.2, 0.25) is 0 Å². The molecule has 0 aromatic heterocycles. The third-order valence-corrected chi connectivity index (χ3v) is 2.50. The highest BCUT2D eigenvalue weighted by atomic mass is 16.5. The lowest BCUT2D eigenvalue weighted by molar-refractivity contribution is -0.131. The van der Waals surface area contributed by atoms with Crippen molar-refractivity contribution in [3.8, 4) is 11.5 Å². The molecular weight excluding hydrogens is 232 g/mol. The second-order valence-electron chi connectivity index (χ2n) is 4.08. The number of likely N-dealkylation sites (N-methyl/N-ethyl adjacent to an activating group) is 1. The molecule has 0 aliphatic rings. The molecule has 5 heteroatoms. The minimum atomic E-state index is -0.480. The molecule has 0 aliphatic carbocycles. The number of hydrogen-bond donors (Lipinski definition) is 1. The first-order chi connectivity index (χ1) is 8.54. The number of carbonyl (C=O) groups is 1. The predicted octanol–water partition coefficient (Wildman–Crippen LogP) is 0.880. The molecule has 0 bridgehead atoms. The van der Waals surface area contributed by atoms with Crippen molar-refractivity contribution in [2.45, 2.75) is 13.0 Å². The van der Waals surface area contributed by atoms with Gasteiger partial charge in [0, 0.05) is 13.1 Å². The van der Waals surface area contributed by atoms with E-state index in [-0.39, 0.29) is 5.91 Å². The number of carbonyl (C=O) groups excluding carboxylic acids is 1. The SMILES string of the molecule is COc1cccc(OCCN(C)C(=O)C(C)N)c1. The lowest BCUT2D eigenvalue weighted by atomic mass is 10.3. The molecule has 1 unspecified atom stereocenters. The Morgan fingerprint density at radius 3 is 2.72 bits per heavy atom. The number of nitrogens with two attached hydrogens (primary N) is 1. The number of nitrogens with zero attached hydrogens (tertiary/aromatic N) is 1. The zero-order chi connectivity index (χ0) is 13.5. The van der Waals surface area contributed by atoms with Crippen LogP contribution >= 0.6 is 0 Å². The maximum atomic E-state index is 11.5. The Bertz CT molecular complexity index is 394. The number of hydrogen-bond acceptors (Lipinski definition) is 4. The first-order valence-electron chi connectivity index (χ1n) is 5.82. The van der Waals surface area contributed by atoms with E-state index in [0.717, 1.165) is 11.5 Å². The van der Waals surface area contributed by atoms with Crippen molar-refractivity contribution < 1.29 is 14.3 Å². The highest BCUT2D eigenvalue weighted by Gasteiger charge is 2.12. The standard InChI is InChI=1S/C13H20N2O3/c1-10(14)13(16)15(2)7-8-18-12-6-4-5-11(9-12)17-3/h4-6,9-10H,7-8,14H2,1-3H3. The molecule has 1 aromatic carbocycles. The number of benzene rings is 1. The Balaban J connectivity index is 2.39. The van der Waals surface area contributed by atoms with Gasteiger partial charge in [0.15, 0.2) is 0 Å². The van der Waals surface area contributed by atoms with Crippen LogP contribution in [0.25, 0.3) is 0 Å². The average molecular weight is 252 g/mol. The number of methoxy groups -OCH3 is 1. The molecule has 0 heterocycles. The van der Waals surface area contributed by atoms with E-state index in [1.807, 2.05) is 18.2 Å². The minimum absolute atomic E-state index is 0.0933. The lowest BCUT2D eigenvalue weighted by Gasteiger charge is -2.19. The van der Waals surface area contributed by atoms with Crippen LogP contribution in [0, 0.1) is 0 Å². The molecule has 1 aromatic rings. The van der Waals surface area contributed by atoms with Gasteiger partial charge in [-0.05, 0) is 19.1 Å². The molecule has 1 amide bonds. The van der Waals surface area contributed by atoms with Crippen molar-refractivity contribution in [1.29, 1.82) is 0 Å². The predicted molar refractivity (Wildman–Crippen MR) is 69.8 cm³/mol. The summed E-state index contributed by atoms with van der Waals surface area (Å²) in [5.74, 6) is 1.37. The van der Waals surface area contributed by atoms with Crippen LogP contribution in [0.15, 0.2) is 24.3 Å². The molecule has 0 spiro atoms. The molecule has 0 saturated heterocycles. The Labute approximate surface area is 107 Å². The molecule has 1 atom stereocenters. The van der Waals surface area contributed by atoms with Crippen molar-refractivity contribution in [3.63, 3.8) is 0 Å². The highest BCUT2D eigenvalue weighted by Crippen LogP contribution is 2.18. The van der Waals surface area contributed by atoms with Gasteiger partial charge in [0.05, 0.1) is 19.7 Å². The van der Waals surface area contributed by atoms with E-state index in [1.165, 1.54) is 0 Å². The number of amides is 1. The highest BCUT2D eigenvalue weighted by molar-refractivity contribution is 5.80. The topological polar surface area (TPSA) is 64.8 Å². The molecule has 0 saturated carbocycles. The molecule has 100 valence electrons. The molecule has 0 fully saturated rings. The molecule has 5 nitrogen and oxygen atoms in total. The van der Waals surface area contributed by atoms with E-state index >= 15 is 0 Å².